The van der Waals surface area contributed by atoms with E-state index < -0.39 is 20.9 Å². The van der Waals surface area contributed by atoms with Gasteiger partial charge in [0, 0.05) is 17.0 Å². The first-order valence-electron chi connectivity index (χ1n) is 7.21. The molecule has 1 aromatic carbocycles. The molecule has 0 atom stereocenters. The number of rotatable bonds is 6. The third kappa shape index (κ3) is 3.97. The zero-order chi connectivity index (χ0) is 18.8. The molecular weight excluding hydrogens is 368 g/mol. The lowest BCUT2D eigenvalue weighted by molar-refractivity contribution is -0.384. The van der Waals surface area contributed by atoms with Crippen molar-refractivity contribution < 1.29 is 22.9 Å². The van der Waals surface area contributed by atoms with Crippen molar-refractivity contribution in [1.29, 1.82) is 0 Å². The minimum atomic E-state index is -4.00. The minimum Gasteiger partial charge on any atom is -0.462 e. The third-order valence-electron chi connectivity index (χ3n) is 3.45. The number of sulfonamides is 1. The Hall–Kier alpha value is -2.46. The van der Waals surface area contributed by atoms with Gasteiger partial charge in [0.2, 0.25) is 0 Å². The van der Waals surface area contributed by atoms with Crippen LogP contribution in [-0.2, 0) is 14.8 Å². The number of anilines is 1. The molecule has 2 rings (SSSR count). The fourth-order valence-corrected chi connectivity index (χ4v) is 4.43. The second-order valence-electron chi connectivity index (χ2n) is 5.06. The molecule has 0 unspecified atom stereocenters. The van der Waals surface area contributed by atoms with Crippen molar-refractivity contribution in [3.05, 3.63) is 50.4 Å². The van der Waals surface area contributed by atoms with E-state index >= 15 is 0 Å². The third-order valence-corrected chi connectivity index (χ3v) is 6.07. The number of aryl methyl sites for hydroxylation is 1. The first-order chi connectivity index (χ1) is 11.7. The number of thiophene rings is 1. The van der Waals surface area contributed by atoms with Gasteiger partial charge >= 0.3 is 5.97 Å². The normalized spacial score (nSPS) is 11.2. The summed E-state index contributed by atoms with van der Waals surface area (Å²) in [6, 6.07) is 4.48. The summed E-state index contributed by atoms with van der Waals surface area (Å²) in [7, 11) is -4.00. The number of ether oxygens (including phenoxy) is 1. The second-order valence-corrected chi connectivity index (χ2v) is 7.97. The van der Waals surface area contributed by atoms with Crippen LogP contribution in [0.1, 0.15) is 27.7 Å². The quantitative estimate of drug-likeness (QED) is 0.464. The Bertz CT molecular complexity index is 916. The summed E-state index contributed by atoms with van der Waals surface area (Å²) in [6.07, 6.45) is 0. The minimum absolute atomic E-state index is 0.142. The molecule has 0 saturated heterocycles. The maximum atomic E-state index is 12.5. The van der Waals surface area contributed by atoms with E-state index in [0.29, 0.717) is 5.56 Å². The monoisotopic (exact) mass is 384 g/mol. The summed E-state index contributed by atoms with van der Waals surface area (Å²) in [5.41, 5.74) is 0.605. The molecule has 0 aliphatic carbocycles. The molecule has 0 radical (unpaired) electrons. The Kier molecular flexibility index (Phi) is 5.43. The van der Waals surface area contributed by atoms with Crippen molar-refractivity contribution in [3.8, 4) is 0 Å². The molecule has 0 amide bonds. The van der Waals surface area contributed by atoms with Crippen LogP contribution in [0, 0.1) is 24.0 Å². The topological polar surface area (TPSA) is 116 Å². The Labute approximate surface area is 148 Å². The summed E-state index contributed by atoms with van der Waals surface area (Å²) in [5, 5.41) is 10.8. The number of non-ortho nitro benzene ring substituents is 1. The number of carbonyl (C=O) groups excluding carboxylic acids is 1. The van der Waals surface area contributed by atoms with E-state index in [9.17, 15) is 23.3 Å². The number of hydrogen-bond donors (Lipinski definition) is 1. The van der Waals surface area contributed by atoms with Gasteiger partial charge in [0.15, 0.2) is 0 Å². The predicted octanol–water partition coefficient (Wildman–Crippen LogP) is 3.25. The Morgan fingerprint density at radius 1 is 1.28 bits per heavy atom. The van der Waals surface area contributed by atoms with Gasteiger partial charge in [-0.05, 0) is 38.5 Å². The standard InChI is InChI=1S/C15H16N2O6S2/c1-4-23-15(18)13-9(2)10(3)24-14(13)16-25(21,22)12-7-5-11(6-8-12)17(19)20/h5-8,16H,4H2,1-3H3. The number of hydrogen-bond acceptors (Lipinski definition) is 7. The van der Waals surface area contributed by atoms with Crippen LogP contribution in [0.4, 0.5) is 10.7 Å². The summed E-state index contributed by atoms with van der Waals surface area (Å²) < 4.78 is 32.4. The van der Waals surface area contributed by atoms with Crippen LogP contribution in [-0.4, -0.2) is 25.9 Å². The van der Waals surface area contributed by atoms with Gasteiger partial charge in [0.1, 0.15) is 5.00 Å². The lowest BCUT2D eigenvalue weighted by Gasteiger charge is -2.09. The lowest BCUT2D eigenvalue weighted by Crippen LogP contribution is -2.15. The van der Waals surface area contributed by atoms with Gasteiger partial charge in [0.05, 0.1) is 22.0 Å². The van der Waals surface area contributed by atoms with Gasteiger partial charge in [0.25, 0.3) is 15.7 Å². The van der Waals surface area contributed by atoms with E-state index in [2.05, 4.69) is 4.72 Å². The molecule has 0 aliphatic rings. The maximum Gasteiger partial charge on any atom is 0.341 e. The fourth-order valence-electron chi connectivity index (χ4n) is 2.08. The maximum absolute atomic E-state index is 12.5. The number of nitro benzene ring substituents is 1. The van der Waals surface area contributed by atoms with E-state index in [1.165, 1.54) is 0 Å². The van der Waals surface area contributed by atoms with Crippen molar-refractivity contribution >= 4 is 38.0 Å². The highest BCUT2D eigenvalue weighted by Crippen LogP contribution is 2.34. The van der Waals surface area contributed by atoms with Gasteiger partial charge in [-0.1, -0.05) is 0 Å². The molecular formula is C15H16N2O6S2. The van der Waals surface area contributed by atoms with Gasteiger partial charge in [-0.15, -0.1) is 11.3 Å². The number of carbonyl (C=O) groups is 1. The summed E-state index contributed by atoms with van der Waals surface area (Å²) in [6.45, 7) is 5.31. The first kappa shape index (κ1) is 18.9. The molecule has 0 spiro atoms. The number of nitrogens with zero attached hydrogens (tertiary/aromatic N) is 1. The van der Waals surface area contributed by atoms with E-state index in [1.807, 2.05) is 0 Å². The van der Waals surface area contributed by atoms with E-state index in [0.717, 1.165) is 40.5 Å². The largest absolute Gasteiger partial charge is 0.462 e. The number of nitrogens with one attached hydrogen (secondary N) is 1. The Morgan fingerprint density at radius 2 is 1.88 bits per heavy atom. The average molecular weight is 384 g/mol. The summed E-state index contributed by atoms with van der Waals surface area (Å²) >= 11 is 1.13. The molecule has 0 bridgehead atoms. The van der Waals surface area contributed by atoms with Crippen LogP contribution in [0.15, 0.2) is 29.2 Å². The van der Waals surface area contributed by atoms with Crippen LogP contribution in [0.3, 0.4) is 0 Å². The van der Waals surface area contributed by atoms with E-state index in [4.69, 9.17) is 4.74 Å². The average Bonchev–Trinajstić information content (AvgIpc) is 2.81. The molecule has 0 fully saturated rings. The molecule has 2 aromatic rings. The van der Waals surface area contributed by atoms with Crippen molar-refractivity contribution in [3.63, 3.8) is 0 Å². The molecule has 1 N–H and O–H groups in total. The number of esters is 1. The van der Waals surface area contributed by atoms with Crippen molar-refractivity contribution in [2.24, 2.45) is 0 Å². The highest BCUT2D eigenvalue weighted by Gasteiger charge is 2.25. The van der Waals surface area contributed by atoms with Gasteiger partial charge < -0.3 is 4.74 Å². The van der Waals surface area contributed by atoms with Gasteiger partial charge in [-0.3, -0.25) is 14.8 Å². The number of benzene rings is 1. The molecule has 0 aliphatic heterocycles. The summed E-state index contributed by atoms with van der Waals surface area (Å²) in [5.74, 6) is -0.606. The molecule has 0 saturated carbocycles. The van der Waals surface area contributed by atoms with Crippen LogP contribution >= 0.6 is 11.3 Å². The van der Waals surface area contributed by atoms with Crippen molar-refractivity contribution in [1.82, 2.24) is 0 Å². The SMILES string of the molecule is CCOC(=O)c1c(NS(=O)(=O)c2ccc([N+](=O)[O-])cc2)sc(C)c1C. The Morgan fingerprint density at radius 3 is 2.40 bits per heavy atom. The first-order valence-corrected chi connectivity index (χ1v) is 9.51. The predicted molar refractivity (Wildman–Crippen MR) is 93.7 cm³/mol. The molecule has 10 heteroatoms. The highest BCUT2D eigenvalue weighted by atomic mass is 32.2. The summed E-state index contributed by atoms with van der Waals surface area (Å²) in [4.78, 5) is 22.8. The molecule has 1 heterocycles. The molecule has 25 heavy (non-hydrogen) atoms. The smallest absolute Gasteiger partial charge is 0.341 e. The van der Waals surface area contributed by atoms with Crippen LogP contribution < -0.4 is 4.72 Å². The molecule has 134 valence electrons. The number of nitro groups is 1. The van der Waals surface area contributed by atoms with E-state index in [-0.39, 0.29) is 27.8 Å². The lowest BCUT2D eigenvalue weighted by atomic mass is 10.2. The van der Waals surface area contributed by atoms with Crippen molar-refractivity contribution in [2.45, 2.75) is 25.7 Å². The zero-order valence-corrected chi connectivity index (χ0v) is 15.4. The zero-order valence-electron chi connectivity index (χ0n) is 13.7. The van der Waals surface area contributed by atoms with Gasteiger partial charge in [-0.25, -0.2) is 13.2 Å². The van der Waals surface area contributed by atoms with Crippen molar-refractivity contribution in [2.75, 3.05) is 11.3 Å². The molecule has 1 aromatic heterocycles. The van der Waals surface area contributed by atoms with Gasteiger partial charge in [-0.2, -0.15) is 0 Å². The Balaban J connectivity index is 2.39. The van der Waals surface area contributed by atoms with Crippen LogP contribution in [0.2, 0.25) is 0 Å². The molecule has 8 nitrogen and oxygen atoms in total. The second kappa shape index (κ2) is 7.19. The van der Waals surface area contributed by atoms with Crippen LogP contribution in [0.25, 0.3) is 0 Å². The highest BCUT2D eigenvalue weighted by molar-refractivity contribution is 7.93. The van der Waals surface area contributed by atoms with E-state index in [1.54, 1.807) is 20.8 Å². The fraction of sp³-hybridized carbons (Fsp3) is 0.267. The van der Waals surface area contributed by atoms with Crippen LogP contribution in [0.5, 0.6) is 0 Å².